The van der Waals surface area contributed by atoms with Crippen molar-refractivity contribution in [2.24, 2.45) is 0 Å². The van der Waals surface area contributed by atoms with E-state index in [1.165, 1.54) is 25.5 Å². The van der Waals surface area contributed by atoms with Crippen molar-refractivity contribution < 1.29 is 4.28 Å². The Hall–Kier alpha value is -1.14. The van der Waals surface area contributed by atoms with Gasteiger partial charge in [-0.1, -0.05) is 50.9 Å². The molecule has 0 spiro atoms. The van der Waals surface area contributed by atoms with Crippen molar-refractivity contribution in [3.8, 4) is 0 Å². The standard InChI is InChI=1S/C18H19BOS3/c1-14-9-10-20(2)19(16-7-4-12-22-16,17-8-5-13-23-17)18(14)15-6-3-11-21-15/h3-8,11-13H,9-10H2,1-2H3. The summed E-state index contributed by atoms with van der Waals surface area (Å²) in [4.78, 5) is 1.41. The molecular formula is C18H19BOS3. The zero-order valence-electron chi connectivity index (χ0n) is 13.3. The van der Waals surface area contributed by atoms with Crippen LogP contribution in [0, 0.1) is 0 Å². The Balaban J connectivity index is 2.07. The van der Waals surface area contributed by atoms with Crippen LogP contribution in [0.5, 0.6) is 0 Å². The molecule has 118 valence electrons. The Morgan fingerprint density at radius 2 is 1.52 bits per heavy atom. The van der Waals surface area contributed by atoms with Crippen molar-refractivity contribution in [2.75, 3.05) is 13.7 Å². The molecule has 0 atom stereocenters. The van der Waals surface area contributed by atoms with E-state index in [0.717, 1.165) is 13.0 Å². The van der Waals surface area contributed by atoms with Gasteiger partial charge >= 0.3 is 6.35 Å². The minimum Gasteiger partial charge on any atom is -0.661 e. The van der Waals surface area contributed by atoms with E-state index in [2.05, 4.69) is 70.9 Å². The molecule has 0 fully saturated rings. The Bertz CT molecular complexity index is 766. The molecule has 0 amide bonds. The molecule has 1 nitrogen and oxygen atoms in total. The highest BCUT2D eigenvalue weighted by atomic mass is 32.1. The third-order valence-electron chi connectivity index (χ3n) is 4.94. The van der Waals surface area contributed by atoms with Gasteiger partial charge in [-0.05, 0) is 29.1 Å². The molecule has 0 saturated carbocycles. The molecule has 3 aromatic heterocycles. The summed E-state index contributed by atoms with van der Waals surface area (Å²) in [5.41, 5.74) is 3.04. The molecule has 1 aliphatic rings. The second-order valence-electron chi connectivity index (χ2n) is 6.13. The monoisotopic (exact) mass is 358 g/mol. The largest absolute Gasteiger partial charge is 0.661 e. The topological polar surface area (TPSA) is 2.70 Å². The Morgan fingerprint density at radius 1 is 0.913 bits per heavy atom. The van der Waals surface area contributed by atoms with E-state index in [1.54, 1.807) is 0 Å². The van der Waals surface area contributed by atoms with Crippen molar-refractivity contribution >= 4 is 55.4 Å². The second kappa shape index (κ2) is 6.06. The fraction of sp³-hybridized carbons (Fsp3) is 0.222. The molecule has 4 heterocycles. The minimum absolute atomic E-state index is 1.04. The normalized spacial score (nSPS) is 18.5. The van der Waals surface area contributed by atoms with Crippen LogP contribution in [0.1, 0.15) is 18.2 Å². The second-order valence-corrected chi connectivity index (χ2v) is 9.04. The summed E-state index contributed by atoms with van der Waals surface area (Å²) in [5.74, 6) is 0. The van der Waals surface area contributed by atoms with Gasteiger partial charge < -0.3 is 4.28 Å². The lowest BCUT2D eigenvalue weighted by Gasteiger charge is -2.49. The lowest BCUT2D eigenvalue weighted by Crippen LogP contribution is -2.66. The lowest BCUT2D eigenvalue weighted by molar-refractivity contribution is 0.0553. The van der Waals surface area contributed by atoms with Gasteiger partial charge in [0.05, 0.1) is 7.11 Å². The SMILES string of the molecule is CC1=C(c2cccs2)[B-](c2cccs2)(c2cccs2)[O+](C)CC1. The van der Waals surface area contributed by atoms with Crippen LogP contribution in [0.25, 0.3) is 5.47 Å². The summed E-state index contributed by atoms with van der Waals surface area (Å²) in [6.45, 7) is 3.36. The van der Waals surface area contributed by atoms with Gasteiger partial charge in [0.1, 0.15) is 6.61 Å². The van der Waals surface area contributed by atoms with Gasteiger partial charge in [0.25, 0.3) is 0 Å². The van der Waals surface area contributed by atoms with Crippen LogP contribution in [0.2, 0.25) is 0 Å². The fourth-order valence-electron chi connectivity index (χ4n) is 3.88. The Morgan fingerprint density at radius 3 is 2.04 bits per heavy atom. The van der Waals surface area contributed by atoms with Crippen LogP contribution in [-0.4, -0.2) is 20.1 Å². The summed E-state index contributed by atoms with van der Waals surface area (Å²) in [6.07, 6.45) is 0.0258. The van der Waals surface area contributed by atoms with Crippen LogP contribution in [0.15, 0.2) is 58.1 Å². The molecule has 4 rings (SSSR count). The zero-order valence-corrected chi connectivity index (χ0v) is 15.8. The Kier molecular flexibility index (Phi) is 4.06. The molecule has 5 heteroatoms. The first-order valence-electron chi connectivity index (χ1n) is 7.84. The fourth-order valence-corrected chi connectivity index (χ4v) is 7.03. The maximum atomic E-state index is 3.58. The van der Waals surface area contributed by atoms with Gasteiger partial charge in [-0.25, -0.2) is 0 Å². The van der Waals surface area contributed by atoms with Crippen LogP contribution < -0.4 is 9.55 Å². The molecule has 0 aromatic carbocycles. The van der Waals surface area contributed by atoms with Crippen molar-refractivity contribution in [2.45, 2.75) is 13.3 Å². The van der Waals surface area contributed by atoms with Gasteiger partial charge in [-0.2, -0.15) is 22.7 Å². The number of rotatable bonds is 3. The predicted octanol–water partition coefficient (Wildman–Crippen LogP) is 4.53. The summed E-state index contributed by atoms with van der Waals surface area (Å²) >= 11 is 5.61. The van der Waals surface area contributed by atoms with E-state index in [1.807, 2.05) is 34.0 Å². The van der Waals surface area contributed by atoms with E-state index in [9.17, 15) is 0 Å². The number of hydrogen-bond donors (Lipinski definition) is 0. The van der Waals surface area contributed by atoms with Gasteiger partial charge in [-0.15, -0.1) is 11.3 Å². The molecule has 3 aromatic rings. The van der Waals surface area contributed by atoms with Crippen molar-refractivity contribution in [1.82, 2.24) is 0 Å². The quantitative estimate of drug-likeness (QED) is 0.478. The average Bonchev–Trinajstić information content (AvgIpc) is 3.32. The van der Waals surface area contributed by atoms with E-state index in [4.69, 9.17) is 0 Å². The maximum absolute atomic E-state index is 3.58. The van der Waals surface area contributed by atoms with E-state index in [-0.39, 0.29) is 0 Å². The third kappa shape index (κ3) is 2.30. The molecule has 0 saturated heterocycles. The molecule has 0 unspecified atom stereocenters. The zero-order chi connectivity index (χ0) is 15.9. The number of thiophene rings is 3. The van der Waals surface area contributed by atoms with Gasteiger partial charge in [0, 0.05) is 11.3 Å². The first-order valence-corrected chi connectivity index (χ1v) is 10.5. The average molecular weight is 358 g/mol. The van der Waals surface area contributed by atoms with E-state index < -0.39 is 6.35 Å². The minimum atomic E-state index is -1.09. The van der Waals surface area contributed by atoms with Gasteiger partial charge in [0.2, 0.25) is 0 Å². The molecule has 0 bridgehead atoms. The molecule has 0 radical (unpaired) electrons. The van der Waals surface area contributed by atoms with Gasteiger partial charge in [0.15, 0.2) is 0 Å². The predicted molar refractivity (Wildman–Crippen MR) is 107 cm³/mol. The van der Waals surface area contributed by atoms with Crippen LogP contribution in [-0.2, 0) is 4.28 Å². The van der Waals surface area contributed by atoms with Crippen LogP contribution >= 0.6 is 34.0 Å². The summed E-state index contributed by atoms with van der Waals surface area (Å²) in [5, 5.41) is 6.60. The smallest absolute Gasteiger partial charge is 0.396 e. The molecule has 23 heavy (non-hydrogen) atoms. The highest BCUT2D eigenvalue weighted by molar-refractivity contribution is 7.39. The third-order valence-corrected chi connectivity index (χ3v) is 7.91. The van der Waals surface area contributed by atoms with Crippen molar-refractivity contribution in [3.63, 3.8) is 0 Å². The summed E-state index contributed by atoms with van der Waals surface area (Å²) in [7, 11) is 2.22. The van der Waals surface area contributed by atoms with Crippen LogP contribution in [0.3, 0.4) is 0 Å². The first kappa shape index (κ1) is 15.4. The summed E-state index contributed by atoms with van der Waals surface area (Å²) in [6, 6.07) is 13.4. The Labute approximate surface area is 149 Å². The van der Waals surface area contributed by atoms with E-state index in [0.29, 0.717) is 0 Å². The van der Waals surface area contributed by atoms with Crippen molar-refractivity contribution in [1.29, 1.82) is 0 Å². The first-order chi connectivity index (χ1) is 11.2. The molecule has 0 aliphatic carbocycles. The van der Waals surface area contributed by atoms with Crippen LogP contribution in [0.4, 0.5) is 0 Å². The van der Waals surface area contributed by atoms with Crippen molar-refractivity contribution in [3.05, 3.63) is 63.0 Å². The highest BCUT2D eigenvalue weighted by Gasteiger charge is 2.50. The highest BCUT2D eigenvalue weighted by Crippen LogP contribution is 2.41. The summed E-state index contributed by atoms with van der Waals surface area (Å²) < 4.78 is 6.47. The number of hydrogen-bond acceptors (Lipinski definition) is 3. The lowest BCUT2D eigenvalue weighted by atomic mass is 9.31. The molecule has 1 aliphatic heterocycles. The molecular weight excluding hydrogens is 339 g/mol. The molecule has 0 N–H and O–H groups in total. The van der Waals surface area contributed by atoms with Gasteiger partial charge in [-0.3, -0.25) is 0 Å². The van der Waals surface area contributed by atoms with E-state index >= 15 is 0 Å². The maximum Gasteiger partial charge on any atom is 0.396 e.